The maximum atomic E-state index is 12.6. The second-order valence-electron chi connectivity index (χ2n) is 8.17. The van der Waals surface area contributed by atoms with Crippen LogP contribution in [-0.4, -0.2) is 29.0 Å². The average molecular weight is 354 g/mol. The molecule has 1 aliphatic carbocycles. The molecule has 1 spiro atoms. The Hall–Kier alpha value is -2.57. The van der Waals surface area contributed by atoms with Crippen molar-refractivity contribution in [3.05, 3.63) is 29.3 Å². The van der Waals surface area contributed by atoms with E-state index in [-0.39, 0.29) is 17.4 Å². The number of guanidine groups is 2. The summed E-state index contributed by atoms with van der Waals surface area (Å²) in [6, 6.07) is 5.95. The second kappa shape index (κ2) is 5.72. The third-order valence-corrected chi connectivity index (χ3v) is 5.53. The van der Waals surface area contributed by atoms with E-state index in [1.54, 1.807) is 0 Å². The SMILES string of the molecule is CC1(C)Cc2ccc(N3C(N)=NC(N)=NC34CCCCC4)cc2C(=O)N1. The number of hydrogen-bond acceptors (Lipinski definition) is 6. The van der Waals surface area contributed by atoms with Gasteiger partial charge < -0.3 is 16.8 Å². The molecule has 0 aromatic heterocycles. The van der Waals surface area contributed by atoms with Crippen molar-refractivity contribution in [3.63, 3.8) is 0 Å². The van der Waals surface area contributed by atoms with Crippen LogP contribution in [0, 0.1) is 0 Å². The Balaban J connectivity index is 1.78. The molecule has 2 heterocycles. The van der Waals surface area contributed by atoms with Crippen molar-refractivity contribution >= 4 is 23.5 Å². The summed E-state index contributed by atoms with van der Waals surface area (Å²) in [5.74, 6) is 0.528. The van der Waals surface area contributed by atoms with Gasteiger partial charge in [-0.1, -0.05) is 12.5 Å². The second-order valence-corrected chi connectivity index (χ2v) is 8.17. The lowest BCUT2D eigenvalue weighted by Gasteiger charge is -2.46. The number of nitrogens with one attached hydrogen (secondary N) is 1. The van der Waals surface area contributed by atoms with Gasteiger partial charge in [0.2, 0.25) is 11.9 Å². The van der Waals surface area contributed by atoms with E-state index in [9.17, 15) is 4.79 Å². The van der Waals surface area contributed by atoms with E-state index in [2.05, 4.69) is 15.3 Å². The molecule has 4 rings (SSSR count). The summed E-state index contributed by atoms with van der Waals surface area (Å²) >= 11 is 0. The summed E-state index contributed by atoms with van der Waals surface area (Å²) < 4.78 is 0. The minimum Gasteiger partial charge on any atom is -0.369 e. The van der Waals surface area contributed by atoms with Crippen molar-refractivity contribution < 1.29 is 4.79 Å². The van der Waals surface area contributed by atoms with Gasteiger partial charge in [-0.2, -0.15) is 4.99 Å². The molecule has 5 N–H and O–H groups in total. The molecule has 138 valence electrons. The predicted octanol–water partition coefficient (Wildman–Crippen LogP) is 1.86. The van der Waals surface area contributed by atoms with Crippen LogP contribution in [0.2, 0.25) is 0 Å². The first-order valence-electron chi connectivity index (χ1n) is 9.25. The number of aliphatic imine (C=N–C) groups is 2. The van der Waals surface area contributed by atoms with Gasteiger partial charge in [0.1, 0.15) is 5.66 Å². The molecule has 1 saturated carbocycles. The number of anilines is 1. The lowest BCUT2D eigenvalue weighted by molar-refractivity contribution is 0.0897. The quantitative estimate of drug-likeness (QED) is 0.715. The van der Waals surface area contributed by atoms with Crippen molar-refractivity contribution in [1.29, 1.82) is 0 Å². The van der Waals surface area contributed by atoms with Crippen LogP contribution < -0.4 is 21.7 Å². The third kappa shape index (κ3) is 2.71. The van der Waals surface area contributed by atoms with E-state index in [0.29, 0.717) is 11.5 Å². The highest BCUT2D eigenvalue weighted by Crippen LogP contribution is 2.40. The van der Waals surface area contributed by atoms with Crippen molar-refractivity contribution in [2.24, 2.45) is 21.5 Å². The van der Waals surface area contributed by atoms with Crippen LogP contribution >= 0.6 is 0 Å². The molecule has 0 atom stereocenters. The fraction of sp³-hybridized carbons (Fsp3) is 0.526. The van der Waals surface area contributed by atoms with Gasteiger partial charge in [-0.3, -0.25) is 9.69 Å². The summed E-state index contributed by atoms with van der Waals surface area (Å²) in [7, 11) is 0. The fourth-order valence-electron chi connectivity index (χ4n) is 4.46. The molecule has 1 amide bonds. The van der Waals surface area contributed by atoms with Gasteiger partial charge in [0.25, 0.3) is 5.91 Å². The average Bonchev–Trinajstić information content (AvgIpc) is 2.54. The number of rotatable bonds is 1. The van der Waals surface area contributed by atoms with Gasteiger partial charge in [-0.15, -0.1) is 0 Å². The molecule has 0 saturated heterocycles. The fourth-order valence-corrected chi connectivity index (χ4v) is 4.46. The van der Waals surface area contributed by atoms with Crippen molar-refractivity contribution in [1.82, 2.24) is 5.32 Å². The Labute approximate surface area is 153 Å². The first kappa shape index (κ1) is 16.9. The number of fused-ring (bicyclic) bond motifs is 1. The molecule has 1 aromatic carbocycles. The Kier molecular flexibility index (Phi) is 3.71. The van der Waals surface area contributed by atoms with E-state index in [1.165, 1.54) is 6.42 Å². The molecular formula is C19H26N6O. The minimum atomic E-state index is -0.493. The smallest absolute Gasteiger partial charge is 0.252 e. The minimum absolute atomic E-state index is 0.0497. The van der Waals surface area contributed by atoms with Gasteiger partial charge in [-0.25, -0.2) is 4.99 Å². The topological polar surface area (TPSA) is 109 Å². The summed E-state index contributed by atoms with van der Waals surface area (Å²) in [4.78, 5) is 23.4. The Morgan fingerprint density at radius 3 is 2.62 bits per heavy atom. The van der Waals surface area contributed by atoms with E-state index < -0.39 is 5.66 Å². The number of amides is 1. The summed E-state index contributed by atoms with van der Waals surface area (Å²) in [5.41, 5.74) is 14.1. The zero-order chi connectivity index (χ0) is 18.5. The normalized spacial score (nSPS) is 23.8. The number of nitrogens with two attached hydrogens (primary N) is 2. The third-order valence-electron chi connectivity index (χ3n) is 5.53. The molecule has 3 aliphatic rings. The van der Waals surface area contributed by atoms with Crippen LogP contribution in [0.3, 0.4) is 0 Å². The molecule has 7 heteroatoms. The largest absolute Gasteiger partial charge is 0.369 e. The highest BCUT2D eigenvalue weighted by atomic mass is 16.1. The first-order chi connectivity index (χ1) is 12.3. The van der Waals surface area contributed by atoms with Gasteiger partial charge in [0, 0.05) is 16.8 Å². The maximum Gasteiger partial charge on any atom is 0.252 e. The summed E-state index contributed by atoms with van der Waals surface area (Å²) in [6.45, 7) is 4.07. The van der Waals surface area contributed by atoms with Gasteiger partial charge in [-0.05, 0) is 63.6 Å². The van der Waals surface area contributed by atoms with Gasteiger partial charge in [0.05, 0.1) is 0 Å². The molecule has 0 bridgehead atoms. The van der Waals surface area contributed by atoms with Crippen LogP contribution in [0.5, 0.6) is 0 Å². The van der Waals surface area contributed by atoms with Crippen molar-refractivity contribution in [2.75, 3.05) is 4.90 Å². The van der Waals surface area contributed by atoms with Crippen LogP contribution in [0.25, 0.3) is 0 Å². The molecule has 0 unspecified atom stereocenters. The molecular weight excluding hydrogens is 328 g/mol. The molecule has 0 radical (unpaired) electrons. The number of carbonyl (C=O) groups excluding carboxylic acids is 1. The lowest BCUT2D eigenvalue weighted by Crippen LogP contribution is -2.58. The zero-order valence-electron chi connectivity index (χ0n) is 15.4. The Bertz CT molecular complexity index is 819. The Morgan fingerprint density at radius 2 is 1.88 bits per heavy atom. The molecule has 1 fully saturated rings. The molecule has 26 heavy (non-hydrogen) atoms. The van der Waals surface area contributed by atoms with E-state index >= 15 is 0 Å². The van der Waals surface area contributed by atoms with Crippen molar-refractivity contribution in [3.8, 4) is 0 Å². The monoisotopic (exact) mass is 354 g/mol. The van der Waals surface area contributed by atoms with E-state index in [1.807, 2.05) is 36.9 Å². The number of benzene rings is 1. The van der Waals surface area contributed by atoms with Crippen LogP contribution in [0.1, 0.15) is 61.9 Å². The summed E-state index contributed by atoms with van der Waals surface area (Å²) in [6.07, 6.45) is 5.87. The maximum absolute atomic E-state index is 12.6. The van der Waals surface area contributed by atoms with Crippen LogP contribution in [-0.2, 0) is 6.42 Å². The van der Waals surface area contributed by atoms with Crippen LogP contribution in [0.15, 0.2) is 28.2 Å². The lowest BCUT2D eigenvalue weighted by atomic mass is 9.85. The highest BCUT2D eigenvalue weighted by Gasteiger charge is 2.43. The standard InChI is InChI=1S/C19H26N6O/c1-18(2)11-12-6-7-13(10-14(12)15(26)23-18)25-17(21)22-16(20)24-19(25)8-4-3-5-9-19/h6-7,10H,3-5,8-9,11H2,1-2H3,(H,23,26)(H4,20,21,22,24). The number of nitrogens with zero attached hydrogens (tertiary/aromatic N) is 3. The summed E-state index contributed by atoms with van der Waals surface area (Å²) in [5, 5.41) is 3.06. The Morgan fingerprint density at radius 1 is 1.15 bits per heavy atom. The number of carbonyl (C=O) groups is 1. The molecule has 2 aliphatic heterocycles. The van der Waals surface area contributed by atoms with Crippen molar-refractivity contribution in [2.45, 2.75) is 63.6 Å². The molecule has 1 aromatic rings. The number of hydrogen-bond donors (Lipinski definition) is 3. The van der Waals surface area contributed by atoms with Gasteiger partial charge >= 0.3 is 0 Å². The highest BCUT2D eigenvalue weighted by molar-refractivity contribution is 6.06. The van der Waals surface area contributed by atoms with E-state index in [4.69, 9.17) is 11.5 Å². The zero-order valence-corrected chi connectivity index (χ0v) is 15.4. The van der Waals surface area contributed by atoms with E-state index in [0.717, 1.165) is 43.4 Å². The van der Waals surface area contributed by atoms with Crippen LogP contribution in [0.4, 0.5) is 5.69 Å². The first-order valence-corrected chi connectivity index (χ1v) is 9.25. The predicted molar refractivity (Wildman–Crippen MR) is 103 cm³/mol. The molecule has 7 nitrogen and oxygen atoms in total. The van der Waals surface area contributed by atoms with Gasteiger partial charge in [0.15, 0.2) is 0 Å².